The van der Waals surface area contributed by atoms with Crippen LogP contribution in [-0.4, -0.2) is 20.4 Å². The number of nitrogens with zero attached hydrogens (tertiary/aromatic N) is 3. The fourth-order valence-electron chi connectivity index (χ4n) is 3.02. The number of furan rings is 1. The van der Waals surface area contributed by atoms with Crippen LogP contribution in [0.5, 0.6) is 0 Å². The van der Waals surface area contributed by atoms with Gasteiger partial charge >= 0.3 is 0 Å². The van der Waals surface area contributed by atoms with Gasteiger partial charge in [-0.25, -0.2) is 9.97 Å². The summed E-state index contributed by atoms with van der Waals surface area (Å²) in [6, 6.07) is 7.64. The molecule has 0 radical (unpaired) electrons. The van der Waals surface area contributed by atoms with E-state index in [1.807, 2.05) is 38.1 Å². The number of para-hydroxylation sites is 1. The highest BCUT2D eigenvalue weighted by molar-refractivity contribution is 7.22. The van der Waals surface area contributed by atoms with Crippen LogP contribution in [0.15, 0.2) is 39.8 Å². The first-order chi connectivity index (χ1) is 12.9. The molecule has 0 bridgehead atoms. The van der Waals surface area contributed by atoms with Crippen LogP contribution >= 0.6 is 11.3 Å². The number of nitrogens with one attached hydrogen (secondary N) is 1. The van der Waals surface area contributed by atoms with Crippen molar-refractivity contribution in [3.05, 3.63) is 52.3 Å². The maximum absolute atomic E-state index is 12.9. The monoisotopic (exact) mass is 382 g/mol. The first-order valence-corrected chi connectivity index (χ1v) is 9.41. The van der Waals surface area contributed by atoms with Gasteiger partial charge < -0.3 is 4.42 Å². The number of benzene rings is 1. The number of anilines is 1. The molecule has 4 rings (SSSR count). The van der Waals surface area contributed by atoms with Gasteiger partial charge in [-0.05, 0) is 25.0 Å². The van der Waals surface area contributed by atoms with Crippen molar-refractivity contribution >= 4 is 43.7 Å². The van der Waals surface area contributed by atoms with Gasteiger partial charge in [-0.2, -0.15) is 0 Å². The number of carbonyl (C=O) groups is 1. The molecule has 1 N–H and O–H groups in total. The molecule has 1 aromatic carbocycles. The molecular weight excluding hydrogens is 364 g/mol. The molecule has 138 valence electrons. The lowest BCUT2D eigenvalue weighted by Gasteiger charge is -2.07. The number of rotatable bonds is 4. The lowest BCUT2D eigenvalue weighted by molar-refractivity contribution is 0.102. The maximum Gasteiger partial charge on any atom is 0.265 e. The number of hydrogen-bond donors (Lipinski definition) is 1. The van der Waals surface area contributed by atoms with Crippen LogP contribution in [0.4, 0.5) is 5.13 Å². The summed E-state index contributed by atoms with van der Waals surface area (Å²) in [6.07, 6.45) is 1.46. The molecule has 27 heavy (non-hydrogen) atoms. The zero-order valence-corrected chi connectivity index (χ0v) is 16.0. The molecule has 4 aromatic rings. The van der Waals surface area contributed by atoms with Gasteiger partial charge in [-0.3, -0.25) is 19.5 Å². The number of amides is 1. The van der Waals surface area contributed by atoms with Crippen molar-refractivity contribution in [1.29, 1.82) is 0 Å². The zero-order valence-electron chi connectivity index (χ0n) is 15.1. The highest BCUT2D eigenvalue weighted by Crippen LogP contribution is 2.27. The molecule has 0 saturated heterocycles. The SMILES string of the molecule is Cc1oc2ncn(CC(C)C)c(=O)c2c1C(=O)Nc1nc2ccccc2s1. The van der Waals surface area contributed by atoms with Gasteiger partial charge in [-0.15, -0.1) is 0 Å². The number of fused-ring (bicyclic) bond motifs is 2. The summed E-state index contributed by atoms with van der Waals surface area (Å²) >= 11 is 1.38. The molecular formula is C19H18N4O3S. The van der Waals surface area contributed by atoms with E-state index < -0.39 is 5.91 Å². The van der Waals surface area contributed by atoms with E-state index in [1.165, 1.54) is 22.2 Å². The molecule has 8 heteroatoms. The van der Waals surface area contributed by atoms with Crippen LogP contribution in [0.1, 0.15) is 30.0 Å². The van der Waals surface area contributed by atoms with Gasteiger partial charge in [0.15, 0.2) is 5.13 Å². The summed E-state index contributed by atoms with van der Waals surface area (Å²) in [6.45, 7) is 6.20. The van der Waals surface area contributed by atoms with Crippen molar-refractivity contribution in [3.8, 4) is 0 Å². The minimum absolute atomic E-state index is 0.173. The van der Waals surface area contributed by atoms with Crippen molar-refractivity contribution < 1.29 is 9.21 Å². The van der Waals surface area contributed by atoms with Gasteiger partial charge in [0.05, 0.1) is 15.8 Å². The summed E-state index contributed by atoms with van der Waals surface area (Å²) in [5, 5.41) is 3.46. The van der Waals surface area contributed by atoms with Gasteiger partial charge in [0.2, 0.25) is 5.71 Å². The van der Waals surface area contributed by atoms with Crippen LogP contribution in [0.25, 0.3) is 21.3 Å². The second-order valence-electron chi connectivity index (χ2n) is 6.75. The number of aromatic nitrogens is 3. The molecule has 0 saturated carbocycles. The van der Waals surface area contributed by atoms with Crippen LogP contribution < -0.4 is 10.9 Å². The van der Waals surface area contributed by atoms with Crippen LogP contribution in [0.2, 0.25) is 0 Å². The highest BCUT2D eigenvalue weighted by atomic mass is 32.1. The van der Waals surface area contributed by atoms with Crippen molar-refractivity contribution in [3.63, 3.8) is 0 Å². The van der Waals surface area contributed by atoms with Gasteiger partial charge in [-0.1, -0.05) is 37.3 Å². The number of aryl methyl sites for hydroxylation is 1. The Balaban J connectivity index is 1.76. The smallest absolute Gasteiger partial charge is 0.265 e. The first kappa shape index (κ1) is 17.4. The molecule has 0 fully saturated rings. The number of carbonyl (C=O) groups excluding carboxylic acids is 1. The quantitative estimate of drug-likeness (QED) is 0.579. The standard InChI is InChI=1S/C19H18N4O3S/c1-10(2)8-23-9-20-17-15(18(23)25)14(11(3)26-17)16(24)22-19-21-12-6-4-5-7-13(12)27-19/h4-7,9-10H,8H2,1-3H3,(H,21,22,24). The normalized spacial score (nSPS) is 11.6. The first-order valence-electron chi connectivity index (χ1n) is 8.59. The van der Waals surface area contributed by atoms with E-state index >= 15 is 0 Å². The third-order valence-corrected chi connectivity index (χ3v) is 5.11. The predicted octanol–water partition coefficient (Wildman–Crippen LogP) is 3.82. The molecule has 3 aromatic heterocycles. The Bertz CT molecular complexity index is 1190. The molecule has 1 amide bonds. The third kappa shape index (κ3) is 3.12. The predicted molar refractivity (Wildman–Crippen MR) is 105 cm³/mol. The number of thiazole rings is 1. The van der Waals surface area contributed by atoms with E-state index in [2.05, 4.69) is 15.3 Å². The molecule has 0 spiro atoms. The Kier molecular flexibility index (Phi) is 4.27. The summed E-state index contributed by atoms with van der Waals surface area (Å²) < 4.78 is 8.04. The molecule has 0 aliphatic rings. The summed E-state index contributed by atoms with van der Waals surface area (Å²) in [4.78, 5) is 34.4. The lowest BCUT2D eigenvalue weighted by atomic mass is 10.1. The van der Waals surface area contributed by atoms with Crippen LogP contribution in [0, 0.1) is 12.8 Å². The fourth-order valence-corrected chi connectivity index (χ4v) is 3.88. The van der Waals surface area contributed by atoms with Crippen molar-refractivity contribution in [1.82, 2.24) is 14.5 Å². The second-order valence-corrected chi connectivity index (χ2v) is 7.78. The molecule has 7 nitrogen and oxygen atoms in total. The van der Waals surface area contributed by atoms with E-state index in [0.29, 0.717) is 17.4 Å². The largest absolute Gasteiger partial charge is 0.442 e. The second kappa shape index (κ2) is 6.62. The fraction of sp³-hybridized carbons (Fsp3) is 0.263. The third-order valence-electron chi connectivity index (χ3n) is 4.16. The number of hydrogen-bond acceptors (Lipinski definition) is 6. The van der Waals surface area contributed by atoms with E-state index in [4.69, 9.17) is 4.42 Å². The summed E-state index contributed by atoms with van der Waals surface area (Å²) in [5.74, 6) is 0.206. The zero-order chi connectivity index (χ0) is 19.1. The van der Waals surface area contributed by atoms with Gasteiger partial charge in [0, 0.05) is 6.54 Å². The van der Waals surface area contributed by atoms with E-state index in [0.717, 1.165) is 10.2 Å². The van der Waals surface area contributed by atoms with Gasteiger partial charge in [0.1, 0.15) is 17.5 Å². The average molecular weight is 382 g/mol. The molecule has 0 aliphatic carbocycles. The molecule has 0 aliphatic heterocycles. The van der Waals surface area contributed by atoms with E-state index in [9.17, 15) is 9.59 Å². The minimum atomic E-state index is -0.425. The Hall–Kier alpha value is -3.00. The minimum Gasteiger partial charge on any atom is -0.442 e. The Morgan fingerprint density at radius 1 is 1.33 bits per heavy atom. The van der Waals surface area contributed by atoms with Crippen molar-refractivity contribution in [2.45, 2.75) is 27.3 Å². The molecule has 0 atom stereocenters. The Morgan fingerprint density at radius 3 is 2.85 bits per heavy atom. The van der Waals surface area contributed by atoms with E-state index in [-0.39, 0.29) is 28.1 Å². The Morgan fingerprint density at radius 2 is 2.11 bits per heavy atom. The van der Waals surface area contributed by atoms with Crippen molar-refractivity contribution in [2.75, 3.05) is 5.32 Å². The lowest BCUT2D eigenvalue weighted by Crippen LogP contribution is -2.24. The van der Waals surface area contributed by atoms with Crippen molar-refractivity contribution in [2.24, 2.45) is 5.92 Å². The summed E-state index contributed by atoms with van der Waals surface area (Å²) in [5.41, 5.74) is 0.916. The molecule has 0 unspecified atom stereocenters. The molecule has 3 heterocycles. The average Bonchev–Trinajstić information content (AvgIpc) is 3.17. The van der Waals surface area contributed by atoms with Gasteiger partial charge in [0.25, 0.3) is 11.5 Å². The topological polar surface area (TPSA) is 90.0 Å². The highest BCUT2D eigenvalue weighted by Gasteiger charge is 2.24. The summed E-state index contributed by atoms with van der Waals surface area (Å²) in [7, 11) is 0. The maximum atomic E-state index is 12.9. The van der Waals surface area contributed by atoms with Crippen LogP contribution in [0.3, 0.4) is 0 Å². The van der Waals surface area contributed by atoms with E-state index in [1.54, 1.807) is 6.92 Å². The Labute approximate surface area is 158 Å². The van der Waals surface area contributed by atoms with Crippen LogP contribution in [-0.2, 0) is 6.54 Å².